The fraction of sp³-hybridized carbons (Fsp3) is 0.841. The van der Waals surface area contributed by atoms with E-state index in [9.17, 15) is 14.4 Å². The van der Waals surface area contributed by atoms with E-state index >= 15 is 0 Å². The van der Waals surface area contributed by atoms with Crippen LogP contribution in [0.25, 0.3) is 0 Å². The van der Waals surface area contributed by atoms with Crippen LogP contribution in [0.5, 0.6) is 0 Å². The first-order valence-corrected chi connectivity index (χ1v) is 33.1. The molecule has 0 saturated heterocycles. The topological polar surface area (TPSA) is 78.9 Å². The Morgan fingerprint density at radius 3 is 0.747 bits per heavy atom. The molecule has 0 spiro atoms. The van der Waals surface area contributed by atoms with Gasteiger partial charge in [-0.3, -0.25) is 14.4 Å². The Bertz CT molecular complexity index is 1300. The minimum absolute atomic E-state index is 0.0751. The SMILES string of the molecule is CCCCCCC/C=C\C/C=C\CCCCCCCCCCCCCCCC(=O)OCC(COC(=O)CCCCCCC/C=C\CCCCCCCC)OC(=O)CCCCCCCCC/C=C\CCCCCCCC. The molecule has 6 heteroatoms. The first-order valence-electron chi connectivity index (χ1n) is 33.1. The van der Waals surface area contributed by atoms with E-state index in [1.807, 2.05) is 0 Å². The zero-order valence-electron chi connectivity index (χ0n) is 50.3. The lowest BCUT2D eigenvalue weighted by atomic mass is 10.0. The van der Waals surface area contributed by atoms with Crippen molar-refractivity contribution < 1.29 is 28.6 Å². The van der Waals surface area contributed by atoms with Crippen molar-refractivity contribution in [1.29, 1.82) is 0 Å². The van der Waals surface area contributed by atoms with Crippen LogP contribution in [0.4, 0.5) is 0 Å². The Morgan fingerprint density at radius 2 is 0.480 bits per heavy atom. The van der Waals surface area contributed by atoms with Gasteiger partial charge in [0.15, 0.2) is 6.10 Å². The Balaban J connectivity index is 4.29. The van der Waals surface area contributed by atoms with E-state index in [0.717, 1.165) is 70.6 Å². The summed E-state index contributed by atoms with van der Waals surface area (Å²) in [5.41, 5.74) is 0. The maximum atomic E-state index is 12.9. The molecule has 0 N–H and O–H groups in total. The third-order valence-corrected chi connectivity index (χ3v) is 14.8. The van der Waals surface area contributed by atoms with Gasteiger partial charge in [-0.1, -0.05) is 281 Å². The van der Waals surface area contributed by atoms with Gasteiger partial charge in [-0.05, 0) is 103 Å². The van der Waals surface area contributed by atoms with Crippen molar-refractivity contribution in [3.63, 3.8) is 0 Å². The van der Waals surface area contributed by atoms with Crippen LogP contribution in [0.15, 0.2) is 48.6 Å². The van der Waals surface area contributed by atoms with Crippen LogP contribution in [-0.4, -0.2) is 37.2 Å². The molecule has 0 heterocycles. The van der Waals surface area contributed by atoms with E-state index in [-0.39, 0.29) is 31.1 Å². The highest BCUT2D eigenvalue weighted by molar-refractivity contribution is 5.71. The number of hydrogen-bond donors (Lipinski definition) is 0. The fourth-order valence-electron chi connectivity index (χ4n) is 9.76. The molecule has 1 unspecified atom stereocenters. The Labute approximate surface area is 467 Å². The summed E-state index contributed by atoms with van der Waals surface area (Å²) in [5, 5.41) is 0. The van der Waals surface area contributed by atoms with Gasteiger partial charge in [0.1, 0.15) is 13.2 Å². The highest BCUT2D eigenvalue weighted by atomic mass is 16.6. The molecule has 0 fully saturated rings. The standard InChI is InChI=1S/C69H126O6/c1-4-7-10-13-16-19-22-25-28-30-31-32-33-34-35-36-37-39-41-44-47-50-53-56-59-62-68(71)74-65-66(64-73-67(70)61-58-55-52-49-46-43-40-27-24-21-18-15-12-9-6-3)75-69(72)63-60-57-54-51-48-45-42-38-29-26-23-20-17-14-11-8-5-2/h22,25-27,29-31,40,66H,4-21,23-24,28,32-39,41-65H2,1-3H3/b25-22-,29-26-,31-30-,40-27-. The van der Waals surface area contributed by atoms with Gasteiger partial charge in [-0.2, -0.15) is 0 Å². The fourth-order valence-corrected chi connectivity index (χ4v) is 9.76. The Kier molecular flexibility index (Phi) is 61.7. The van der Waals surface area contributed by atoms with Crippen molar-refractivity contribution in [2.24, 2.45) is 0 Å². The maximum Gasteiger partial charge on any atom is 0.306 e. The number of rotatable bonds is 61. The summed E-state index contributed by atoms with van der Waals surface area (Å²) >= 11 is 0. The smallest absolute Gasteiger partial charge is 0.306 e. The second kappa shape index (κ2) is 63.9. The van der Waals surface area contributed by atoms with Crippen LogP contribution in [0.1, 0.15) is 355 Å². The average molecular weight is 1050 g/mol. The molecule has 0 aliphatic rings. The lowest BCUT2D eigenvalue weighted by Crippen LogP contribution is -2.30. The molecule has 0 saturated carbocycles. The van der Waals surface area contributed by atoms with Crippen LogP contribution in [0.2, 0.25) is 0 Å². The van der Waals surface area contributed by atoms with E-state index in [4.69, 9.17) is 14.2 Å². The molecule has 75 heavy (non-hydrogen) atoms. The number of unbranched alkanes of at least 4 members (excludes halogenated alkanes) is 42. The van der Waals surface area contributed by atoms with Crippen molar-refractivity contribution in [1.82, 2.24) is 0 Å². The quantitative estimate of drug-likeness (QED) is 0.0261. The van der Waals surface area contributed by atoms with E-state index in [2.05, 4.69) is 69.4 Å². The van der Waals surface area contributed by atoms with Crippen molar-refractivity contribution in [2.75, 3.05) is 13.2 Å². The summed E-state index contributed by atoms with van der Waals surface area (Å²) in [7, 11) is 0. The molecule has 0 aromatic carbocycles. The molecule has 6 nitrogen and oxygen atoms in total. The van der Waals surface area contributed by atoms with Crippen LogP contribution >= 0.6 is 0 Å². The molecule has 0 aromatic heterocycles. The molecular formula is C69H126O6. The monoisotopic (exact) mass is 1050 g/mol. The maximum absolute atomic E-state index is 12.9. The molecule has 0 rings (SSSR count). The Morgan fingerprint density at radius 1 is 0.267 bits per heavy atom. The van der Waals surface area contributed by atoms with Gasteiger partial charge in [0, 0.05) is 19.3 Å². The van der Waals surface area contributed by atoms with E-state index in [1.54, 1.807) is 0 Å². The van der Waals surface area contributed by atoms with Crippen LogP contribution in [0.3, 0.4) is 0 Å². The van der Waals surface area contributed by atoms with E-state index in [1.165, 1.54) is 244 Å². The zero-order chi connectivity index (χ0) is 54.3. The van der Waals surface area contributed by atoms with Gasteiger partial charge in [0.25, 0.3) is 0 Å². The first kappa shape index (κ1) is 72.4. The lowest BCUT2D eigenvalue weighted by molar-refractivity contribution is -0.167. The largest absolute Gasteiger partial charge is 0.462 e. The average Bonchev–Trinajstić information content (AvgIpc) is 3.41. The number of hydrogen-bond acceptors (Lipinski definition) is 6. The Hall–Kier alpha value is -2.63. The molecular weight excluding hydrogens is 925 g/mol. The number of carbonyl (C=O) groups is 3. The summed E-state index contributed by atoms with van der Waals surface area (Å²) in [5.74, 6) is -0.868. The lowest BCUT2D eigenvalue weighted by Gasteiger charge is -2.18. The summed E-state index contributed by atoms with van der Waals surface area (Å²) in [6.07, 6.45) is 79.8. The third-order valence-electron chi connectivity index (χ3n) is 14.8. The first-order chi connectivity index (χ1) is 37.0. The number of allylic oxidation sites excluding steroid dienone is 8. The summed E-state index contributed by atoms with van der Waals surface area (Å²) in [6, 6.07) is 0. The summed E-state index contributed by atoms with van der Waals surface area (Å²) in [6.45, 7) is 6.66. The zero-order valence-corrected chi connectivity index (χ0v) is 50.3. The van der Waals surface area contributed by atoms with E-state index in [0.29, 0.717) is 19.3 Å². The molecule has 0 aliphatic heterocycles. The summed E-state index contributed by atoms with van der Waals surface area (Å²) in [4.78, 5) is 38.3. The molecule has 0 aromatic rings. The van der Waals surface area contributed by atoms with Crippen LogP contribution < -0.4 is 0 Å². The normalized spacial score (nSPS) is 12.3. The molecule has 0 radical (unpaired) electrons. The van der Waals surface area contributed by atoms with Crippen LogP contribution in [0, 0.1) is 0 Å². The second-order valence-corrected chi connectivity index (χ2v) is 22.4. The molecule has 0 aliphatic carbocycles. The van der Waals surface area contributed by atoms with Gasteiger partial charge in [0.2, 0.25) is 0 Å². The minimum Gasteiger partial charge on any atom is -0.462 e. The molecule has 0 amide bonds. The van der Waals surface area contributed by atoms with Crippen molar-refractivity contribution in [3.05, 3.63) is 48.6 Å². The number of ether oxygens (including phenoxy) is 3. The van der Waals surface area contributed by atoms with Gasteiger partial charge < -0.3 is 14.2 Å². The van der Waals surface area contributed by atoms with Crippen molar-refractivity contribution in [2.45, 2.75) is 361 Å². The van der Waals surface area contributed by atoms with Crippen molar-refractivity contribution >= 4 is 17.9 Å². The number of carbonyl (C=O) groups excluding carboxylic acids is 3. The highest BCUT2D eigenvalue weighted by Gasteiger charge is 2.19. The van der Waals surface area contributed by atoms with E-state index < -0.39 is 6.10 Å². The molecule has 1 atom stereocenters. The van der Waals surface area contributed by atoms with Gasteiger partial charge in [0.05, 0.1) is 0 Å². The highest BCUT2D eigenvalue weighted by Crippen LogP contribution is 2.17. The predicted octanol–water partition coefficient (Wildman–Crippen LogP) is 22.6. The summed E-state index contributed by atoms with van der Waals surface area (Å²) < 4.78 is 16.9. The predicted molar refractivity (Wildman–Crippen MR) is 325 cm³/mol. The van der Waals surface area contributed by atoms with Crippen molar-refractivity contribution in [3.8, 4) is 0 Å². The van der Waals surface area contributed by atoms with Gasteiger partial charge in [-0.25, -0.2) is 0 Å². The number of esters is 3. The van der Waals surface area contributed by atoms with Gasteiger partial charge >= 0.3 is 17.9 Å². The molecule has 438 valence electrons. The minimum atomic E-state index is -0.779. The second-order valence-electron chi connectivity index (χ2n) is 22.4. The third kappa shape index (κ3) is 62.1. The van der Waals surface area contributed by atoms with Gasteiger partial charge in [-0.15, -0.1) is 0 Å². The van der Waals surface area contributed by atoms with Crippen LogP contribution in [-0.2, 0) is 28.6 Å². The molecule has 0 bridgehead atoms.